The van der Waals surface area contributed by atoms with Gasteiger partial charge >= 0.3 is 0 Å². The summed E-state index contributed by atoms with van der Waals surface area (Å²) in [4.78, 5) is 12.4. The second-order valence-electron chi connectivity index (χ2n) is 4.49. The van der Waals surface area contributed by atoms with Crippen molar-refractivity contribution >= 4 is 16.3 Å². The van der Waals surface area contributed by atoms with Gasteiger partial charge in [0.25, 0.3) is 5.56 Å². The maximum atomic E-state index is 11.9. The number of hydrogen-bond acceptors (Lipinski definition) is 5. The molecule has 0 aliphatic carbocycles. The van der Waals surface area contributed by atoms with Gasteiger partial charge in [-0.15, -0.1) is 10.2 Å². The van der Waals surface area contributed by atoms with E-state index in [4.69, 9.17) is 0 Å². The van der Waals surface area contributed by atoms with Crippen LogP contribution in [-0.2, 0) is 0 Å². The van der Waals surface area contributed by atoms with Crippen molar-refractivity contribution in [1.29, 1.82) is 0 Å². The van der Waals surface area contributed by atoms with Crippen LogP contribution < -0.4 is 5.56 Å². The lowest BCUT2D eigenvalue weighted by molar-refractivity contribution is 0.829. The SMILES string of the molecule is Cc1ccc(-c2nn3c(=O)c(C)nnc3s2)cc1C. The van der Waals surface area contributed by atoms with Crippen LogP contribution in [0.2, 0.25) is 0 Å². The van der Waals surface area contributed by atoms with Gasteiger partial charge in [-0.2, -0.15) is 9.61 Å². The lowest BCUT2D eigenvalue weighted by Crippen LogP contribution is -2.19. The third kappa shape index (κ3) is 1.94. The Kier molecular flexibility index (Phi) is 2.67. The molecule has 2 heterocycles. The first kappa shape index (κ1) is 12.0. The van der Waals surface area contributed by atoms with Gasteiger partial charge in [0.1, 0.15) is 10.7 Å². The van der Waals surface area contributed by atoms with Crippen molar-refractivity contribution in [2.24, 2.45) is 0 Å². The minimum atomic E-state index is -0.212. The Balaban J connectivity index is 2.23. The second-order valence-corrected chi connectivity index (χ2v) is 5.45. The molecule has 0 spiro atoms. The Morgan fingerprint density at radius 3 is 2.63 bits per heavy atom. The third-order valence-electron chi connectivity index (χ3n) is 3.10. The summed E-state index contributed by atoms with van der Waals surface area (Å²) >= 11 is 1.37. The van der Waals surface area contributed by atoms with E-state index in [1.54, 1.807) is 6.92 Å². The molecule has 0 unspecified atom stereocenters. The summed E-state index contributed by atoms with van der Waals surface area (Å²) in [7, 11) is 0. The molecule has 6 heteroatoms. The third-order valence-corrected chi connectivity index (χ3v) is 4.05. The lowest BCUT2D eigenvalue weighted by Gasteiger charge is -2.01. The van der Waals surface area contributed by atoms with Crippen molar-refractivity contribution in [2.75, 3.05) is 0 Å². The van der Waals surface area contributed by atoms with E-state index < -0.39 is 0 Å². The Hall–Kier alpha value is -2.08. The first-order valence-corrected chi connectivity index (χ1v) is 6.68. The average Bonchev–Trinajstić information content (AvgIpc) is 2.82. The molecule has 0 atom stereocenters. The number of aryl methyl sites for hydroxylation is 3. The average molecular weight is 272 g/mol. The van der Waals surface area contributed by atoms with Crippen LogP contribution in [0.4, 0.5) is 0 Å². The smallest absolute Gasteiger partial charge is 0.265 e. The van der Waals surface area contributed by atoms with Crippen molar-refractivity contribution in [3.63, 3.8) is 0 Å². The summed E-state index contributed by atoms with van der Waals surface area (Å²) in [5.41, 5.74) is 3.57. The summed E-state index contributed by atoms with van der Waals surface area (Å²) in [5.74, 6) is 0. The molecule has 2 aromatic heterocycles. The van der Waals surface area contributed by atoms with Crippen LogP contribution in [0.15, 0.2) is 23.0 Å². The molecule has 5 nitrogen and oxygen atoms in total. The van der Waals surface area contributed by atoms with Crippen LogP contribution in [0.3, 0.4) is 0 Å². The first-order valence-electron chi connectivity index (χ1n) is 5.87. The summed E-state index contributed by atoms with van der Waals surface area (Å²) in [6.45, 7) is 5.76. The van der Waals surface area contributed by atoms with E-state index in [0.29, 0.717) is 10.7 Å². The monoisotopic (exact) mass is 272 g/mol. The maximum Gasteiger partial charge on any atom is 0.296 e. The highest BCUT2D eigenvalue weighted by Crippen LogP contribution is 2.25. The highest BCUT2D eigenvalue weighted by molar-refractivity contribution is 7.19. The molecule has 0 radical (unpaired) electrons. The van der Waals surface area contributed by atoms with E-state index in [0.717, 1.165) is 10.6 Å². The highest BCUT2D eigenvalue weighted by Gasteiger charge is 2.11. The molecular formula is C13H12N4OS. The van der Waals surface area contributed by atoms with Gasteiger partial charge < -0.3 is 0 Å². The standard InChI is InChI=1S/C13H12N4OS/c1-7-4-5-10(6-8(7)2)11-16-17-12(18)9(3)14-15-13(17)19-11/h4-6H,1-3H3. The zero-order valence-electron chi connectivity index (χ0n) is 10.8. The summed E-state index contributed by atoms with van der Waals surface area (Å²) in [5, 5.41) is 12.9. The predicted octanol–water partition coefficient (Wildman–Crippen LogP) is 2.14. The summed E-state index contributed by atoms with van der Waals surface area (Å²) in [6.07, 6.45) is 0. The van der Waals surface area contributed by atoms with Crippen LogP contribution in [0.25, 0.3) is 15.5 Å². The molecule has 19 heavy (non-hydrogen) atoms. The molecule has 0 amide bonds. The number of aromatic nitrogens is 4. The first-order chi connectivity index (χ1) is 9.06. The Morgan fingerprint density at radius 1 is 1.11 bits per heavy atom. The second kappa shape index (κ2) is 4.24. The van der Waals surface area contributed by atoms with Gasteiger partial charge in [0.05, 0.1) is 0 Å². The molecule has 0 aliphatic heterocycles. The van der Waals surface area contributed by atoms with Gasteiger partial charge in [-0.25, -0.2) is 0 Å². The van der Waals surface area contributed by atoms with Gasteiger partial charge in [-0.05, 0) is 38.0 Å². The van der Waals surface area contributed by atoms with Crippen molar-refractivity contribution in [3.05, 3.63) is 45.4 Å². The molecule has 0 aliphatic rings. The zero-order chi connectivity index (χ0) is 13.6. The number of hydrogen-bond donors (Lipinski definition) is 0. The summed E-state index contributed by atoms with van der Waals surface area (Å²) in [6, 6.07) is 6.13. The fourth-order valence-corrected chi connectivity index (χ4v) is 2.62. The number of fused-ring (bicyclic) bond motifs is 1. The fourth-order valence-electron chi connectivity index (χ4n) is 1.78. The van der Waals surface area contributed by atoms with E-state index >= 15 is 0 Å². The minimum absolute atomic E-state index is 0.212. The van der Waals surface area contributed by atoms with Gasteiger partial charge in [-0.3, -0.25) is 4.79 Å². The van der Waals surface area contributed by atoms with Crippen LogP contribution in [0.1, 0.15) is 16.8 Å². The van der Waals surface area contributed by atoms with E-state index in [2.05, 4.69) is 41.3 Å². The highest BCUT2D eigenvalue weighted by atomic mass is 32.1. The molecule has 0 N–H and O–H groups in total. The number of nitrogens with zero attached hydrogens (tertiary/aromatic N) is 4. The molecule has 3 aromatic rings. The summed E-state index contributed by atoms with van der Waals surface area (Å²) < 4.78 is 1.32. The Morgan fingerprint density at radius 2 is 1.89 bits per heavy atom. The van der Waals surface area contributed by atoms with Crippen LogP contribution in [-0.4, -0.2) is 19.8 Å². The topological polar surface area (TPSA) is 60.2 Å². The van der Waals surface area contributed by atoms with Gasteiger partial charge in [0, 0.05) is 5.56 Å². The fraction of sp³-hybridized carbons (Fsp3) is 0.231. The van der Waals surface area contributed by atoms with E-state index in [1.165, 1.54) is 27.0 Å². The maximum absolute atomic E-state index is 11.9. The molecule has 0 saturated carbocycles. The normalized spacial score (nSPS) is 11.1. The minimum Gasteiger partial charge on any atom is -0.265 e. The van der Waals surface area contributed by atoms with E-state index in [9.17, 15) is 4.79 Å². The van der Waals surface area contributed by atoms with Crippen molar-refractivity contribution in [3.8, 4) is 10.6 Å². The molecule has 1 aromatic carbocycles. The molecule has 0 bridgehead atoms. The van der Waals surface area contributed by atoms with Crippen molar-refractivity contribution < 1.29 is 0 Å². The molecule has 0 saturated heterocycles. The molecule has 96 valence electrons. The zero-order valence-corrected chi connectivity index (χ0v) is 11.7. The molecule has 0 fully saturated rings. The van der Waals surface area contributed by atoms with Crippen LogP contribution in [0, 0.1) is 20.8 Å². The van der Waals surface area contributed by atoms with Gasteiger partial charge in [0.15, 0.2) is 0 Å². The van der Waals surface area contributed by atoms with E-state index in [1.807, 2.05) is 6.07 Å². The van der Waals surface area contributed by atoms with Gasteiger partial charge in [0.2, 0.25) is 4.96 Å². The van der Waals surface area contributed by atoms with E-state index in [-0.39, 0.29) is 5.56 Å². The van der Waals surface area contributed by atoms with Crippen molar-refractivity contribution in [2.45, 2.75) is 20.8 Å². The quantitative estimate of drug-likeness (QED) is 0.681. The Labute approximate surface area is 113 Å². The number of benzene rings is 1. The Bertz CT molecular complexity index is 834. The lowest BCUT2D eigenvalue weighted by atomic mass is 10.1. The molecule has 3 rings (SSSR count). The van der Waals surface area contributed by atoms with Crippen LogP contribution in [0.5, 0.6) is 0 Å². The van der Waals surface area contributed by atoms with Gasteiger partial charge in [-0.1, -0.05) is 23.5 Å². The molecular weight excluding hydrogens is 260 g/mol. The number of rotatable bonds is 1. The van der Waals surface area contributed by atoms with Crippen LogP contribution >= 0.6 is 11.3 Å². The van der Waals surface area contributed by atoms with Crippen molar-refractivity contribution in [1.82, 2.24) is 19.8 Å². The predicted molar refractivity (Wildman–Crippen MR) is 74.6 cm³/mol. The largest absolute Gasteiger partial charge is 0.296 e.